The molecule has 1 atom stereocenters. The summed E-state index contributed by atoms with van der Waals surface area (Å²) < 4.78 is 69.5. The van der Waals surface area contributed by atoms with E-state index in [1.165, 1.54) is 37.5 Å². The van der Waals surface area contributed by atoms with Crippen LogP contribution in [0.2, 0.25) is 5.02 Å². The lowest BCUT2D eigenvalue weighted by atomic mass is 9.96. The number of nitrogens with one attached hydrogen (secondary N) is 2. The highest BCUT2D eigenvalue weighted by Crippen LogP contribution is 2.48. The number of aromatic nitrogens is 5. The molecular weight excluding hydrogens is 541 g/mol. The average Bonchev–Trinajstić information content (AvgIpc) is 3.57. The number of nitriles is 1. The van der Waals surface area contributed by atoms with Crippen LogP contribution >= 0.6 is 11.6 Å². The lowest BCUT2D eigenvalue weighted by Gasteiger charge is -2.23. The summed E-state index contributed by atoms with van der Waals surface area (Å²) >= 11 is 6.63. The van der Waals surface area contributed by atoms with Crippen LogP contribution in [0.15, 0.2) is 36.7 Å². The second-order valence-electron chi connectivity index (χ2n) is 10.7. The molecule has 208 valence electrons. The SMILES string of the molecule is [2H]C([2H])(Nc1c(C#N)cnc2c(Cl)cc(N[C@@]([2H])(c3cn(C4(C(F)F)CC4)nn3)c3ccc(F)nc3C)cc12)C(C)(C)C. The molecule has 0 bridgehead atoms. The number of nitrogens with zero attached hydrogens (tertiary/aromatic N) is 6. The zero-order valence-corrected chi connectivity index (χ0v) is 22.9. The van der Waals surface area contributed by atoms with Gasteiger partial charge in [-0.05, 0) is 43.4 Å². The van der Waals surface area contributed by atoms with Gasteiger partial charge in [-0.3, -0.25) is 4.98 Å². The van der Waals surface area contributed by atoms with E-state index in [2.05, 4.69) is 30.9 Å². The minimum atomic E-state index is -2.69. The fraction of sp³-hybridized carbons (Fsp3) is 0.393. The van der Waals surface area contributed by atoms with Crippen molar-refractivity contribution in [3.63, 3.8) is 0 Å². The maximum atomic E-state index is 14.0. The van der Waals surface area contributed by atoms with Crippen LogP contribution in [0.3, 0.4) is 0 Å². The Hall–Kier alpha value is -3.91. The van der Waals surface area contributed by atoms with Crippen LogP contribution in [0.4, 0.5) is 24.5 Å². The molecule has 40 heavy (non-hydrogen) atoms. The van der Waals surface area contributed by atoms with Crippen molar-refractivity contribution in [2.75, 3.05) is 17.1 Å². The van der Waals surface area contributed by atoms with Gasteiger partial charge < -0.3 is 10.6 Å². The molecule has 0 saturated heterocycles. The molecule has 4 aromatic rings. The van der Waals surface area contributed by atoms with Crippen LogP contribution in [-0.2, 0) is 5.54 Å². The summed E-state index contributed by atoms with van der Waals surface area (Å²) in [7, 11) is 0. The zero-order valence-electron chi connectivity index (χ0n) is 25.2. The molecule has 1 saturated carbocycles. The summed E-state index contributed by atoms with van der Waals surface area (Å²) in [5, 5.41) is 24.1. The van der Waals surface area contributed by atoms with Gasteiger partial charge in [0.15, 0.2) is 0 Å². The van der Waals surface area contributed by atoms with Crippen molar-refractivity contribution in [2.24, 2.45) is 5.41 Å². The van der Waals surface area contributed by atoms with Gasteiger partial charge >= 0.3 is 0 Å². The normalized spacial score (nSPS) is 17.4. The second kappa shape index (κ2) is 10.2. The average molecular weight is 572 g/mol. The van der Waals surface area contributed by atoms with E-state index in [9.17, 15) is 19.8 Å². The number of anilines is 2. The van der Waals surface area contributed by atoms with Gasteiger partial charge in [-0.15, -0.1) is 5.10 Å². The van der Waals surface area contributed by atoms with E-state index in [0.29, 0.717) is 0 Å². The molecule has 2 N–H and O–H groups in total. The van der Waals surface area contributed by atoms with Gasteiger partial charge in [-0.2, -0.15) is 9.65 Å². The third-order valence-electron chi connectivity index (χ3n) is 6.57. The number of hydrogen-bond donors (Lipinski definition) is 2. The minimum absolute atomic E-state index is 0.0570. The van der Waals surface area contributed by atoms with Gasteiger partial charge in [0.1, 0.15) is 17.3 Å². The van der Waals surface area contributed by atoms with E-state index in [1.54, 1.807) is 20.8 Å². The van der Waals surface area contributed by atoms with Crippen LogP contribution in [0.5, 0.6) is 0 Å². The van der Waals surface area contributed by atoms with Gasteiger partial charge in [0.05, 0.1) is 35.4 Å². The first-order valence-electron chi connectivity index (χ1n) is 14.0. The molecular formula is C28H28ClF3N8. The van der Waals surface area contributed by atoms with Crippen LogP contribution in [0.1, 0.15) is 66.3 Å². The smallest absolute Gasteiger partial charge is 0.263 e. The Labute approximate surface area is 238 Å². The number of aryl methyl sites for hydroxylation is 1. The van der Waals surface area contributed by atoms with Crippen molar-refractivity contribution in [3.8, 4) is 6.07 Å². The quantitative estimate of drug-likeness (QED) is 0.229. The summed E-state index contributed by atoms with van der Waals surface area (Å²) in [4.78, 5) is 8.14. The van der Waals surface area contributed by atoms with Crippen molar-refractivity contribution in [1.29, 1.82) is 5.26 Å². The molecule has 1 aliphatic carbocycles. The molecule has 8 nitrogen and oxygen atoms in total. The van der Waals surface area contributed by atoms with Gasteiger partial charge in [-0.25, -0.2) is 18.4 Å². The number of benzene rings is 1. The standard InChI is InChI=1S/C28H28ClF3N8/c1-15-18(5-6-22(30)36-15)25(21-13-40(39-38-21)28(7-8-28)26(31)32)37-17-9-19-23(35-14-27(2,3)4)16(11-33)12-34-24(19)20(29)10-17/h5-6,9-10,12-13,25-26,37H,7-8,14H2,1-4H3,(H,34,35)/t25-/m1/s1/i14D2,25D. The number of rotatable bonds is 8. The summed E-state index contributed by atoms with van der Waals surface area (Å²) in [5.41, 5.74) is -1.41. The zero-order chi connectivity index (χ0) is 31.5. The highest BCUT2D eigenvalue weighted by Gasteiger charge is 2.54. The van der Waals surface area contributed by atoms with Crippen molar-refractivity contribution in [1.82, 2.24) is 25.0 Å². The second-order valence-corrected chi connectivity index (χ2v) is 11.1. The van der Waals surface area contributed by atoms with E-state index in [4.69, 9.17) is 14.3 Å². The molecule has 0 aliphatic heterocycles. The Morgan fingerprint density at radius 1 is 1.30 bits per heavy atom. The predicted octanol–water partition coefficient (Wildman–Crippen LogP) is 6.61. The molecule has 1 aromatic carbocycles. The molecule has 1 fully saturated rings. The molecule has 0 unspecified atom stereocenters. The maximum absolute atomic E-state index is 14.0. The number of hydrogen-bond acceptors (Lipinski definition) is 7. The number of fused-ring (bicyclic) bond motifs is 1. The summed E-state index contributed by atoms with van der Waals surface area (Å²) in [6, 6.07) is 5.45. The first kappa shape index (κ1) is 23.9. The lowest BCUT2D eigenvalue weighted by molar-refractivity contribution is 0.0593. The third kappa shape index (κ3) is 5.28. The van der Waals surface area contributed by atoms with Crippen molar-refractivity contribution < 1.29 is 17.3 Å². The summed E-state index contributed by atoms with van der Waals surface area (Å²) in [6.07, 6.45) is 0.278. The van der Waals surface area contributed by atoms with Crippen LogP contribution < -0.4 is 10.6 Å². The molecule has 3 heterocycles. The van der Waals surface area contributed by atoms with E-state index in [0.717, 1.165) is 10.7 Å². The minimum Gasteiger partial charge on any atom is -0.383 e. The van der Waals surface area contributed by atoms with E-state index in [-0.39, 0.29) is 62.7 Å². The Morgan fingerprint density at radius 2 is 2.05 bits per heavy atom. The topological polar surface area (TPSA) is 104 Å². The number of pyridine rings is 2. The molecule has 5 rings (SSSR count). The highest BCUT2D eigenvalue weighted by atomic mass is 35.5. The number of halogens is 4. The van der Waals surface area contributed by atoms with Crippen LogP contribution in [-0.4, -0.2) is 37.9 Å². The Kier molecular flexibility index (Phi) is 6.13. The molecule has 12 heteroatoms. The summed E-state index contributed by atoms with van der Waals surface area (Å²) in [5.74, 6) is -0.769. The first-order valence-corrected chi connectivity index (χ1v) is 12.8. The first-order chi connectivity index (χ1) is 20.0. The number of alkyl halides is 2. The van der Waals surface area contributed by atoms with Gasteiger partial charge in [0.2, 0.25) is 5.95 Å². The molecule has 0 radical (unpaired) electrons. The van der Waals surface area contributed by atoms with Gasteiger partial charge in [0, 0.05) is 37.8 Å². The van der Waals surface area contributed by atoms with Crippen molar-refractivity contribution >= 4 is 33.9 Å². The van der Waals surface area contributed by atoms with Crippen LogP contribution in [0, 0.1) is 29.6 Å². The van der Waals surface area contributed by atoms with Gasteiger partial charge in [-0.1, -0.05) is 43.7 Å². The van der Waals surface area contributed by atoms with E-state index < -0.39 is 35.8 Å². The monoisotopic (exact) mass is 571 g/mol. The molecule has 0 amide bonds. The fourth-order valence-electron chi connectivity index (χ4n) is 4.28. The Bertz CT molecular complexity index is 1760. The largest absolute Gasteiger partial charge is 0.383 e. The highest BCUT2D eigenvalue weighted by molar-refractivity contribution is 6.35. The fourth-order valence-corrected chi connectivity index (χ4v) is 4.55. The van der Waals surface area contributed by atoms with Crippen LogP contribution in [0.25, 0.3) is 10.9 Å². The summed E-state index contributed by atoms with van der Waals surface area (Å²) in [6.45, 7) is 4.64. The van der Waals surface area contributed by atoms with E-state index >= 15 is 0 Å². The van der Waals surface area contributed by atoms with Crippen molar-refractivity contribution in [3.05, 3.63) is 70.1 Å². The van der Waals surface area contributed by atoms with E-state index in [1.807, 2.05) is 6.07 Å². The lowest BCUT2D eigenvalue weighted by Crippen LogP contribution is -2.26. The molecule has 3 aromatic heterocycles. The third-order valence-corrected chi connectivity index (χ3v) is 6.86. The Balaban J connectivity index is 1.68. The maximum Gasteiger partial charge on any atom is 0.263 e. The van der Waals surface area contributed by atoms with Crippen molar-refractivity contribution in [2.45, 2.75) is 58.5 Å². The molecule has 1 aliphatic rings. The predicted molar refractivity (Wildman–Crippen MR) is 147 cm³/mol. The van der Waals surface area contributed by atoms with Gasteiger partial charge in [0.25, 0.3) is 6.43 Å². The Morgan fingerprint density at radius 3 is 2.67 bits per heavy atom. The molecule has 0 spiro atoms.